The number of carbonyl (C=O) groups is 1. The molecule has 1 aliphatic carbocycles. The van der Waals surface area contributed by atoms with Crippen LogP contribution in [0, 0.1) is 23.0 Å². The third-order valence-electron chi connectivity index (χ3n) is 3.95. The van der Waals surface area contributed by atoms with Crippen molar-refractivity contribution in [3.05, 3.63) is 33.9 Å². The Kier molecular flexibility index (Phi) is 5.43. The Morgan fingerprint density at radius 1 is 1.41 bits per heavy atom. The molecule has 1 fully saturated rings. The number of thiocarbonyl (C=S) groups is 1. The maximum Gasteiger partial charge on any atom is 0.274 e. The van der Waals surface area contributed by atoms with Gasteiger partial charge in [-0.25, -0.2) is 0 Å². The summed E-state index contributed by atoms with van der Waals surface area (Å²) in [6, 6.07) is 4.70. The molecule has 0 radical (unpaired) electrons. The summed E-state index contributed by atoms with van der Waals surface area (Å²) < 4.78 is 0. The Labute approximate surface area is 134 Å². The van der Waals surface area contributed by atoms with Gasteiger partial charge in [0.05, 0.1) is 16.2 Å². The zero-order valence-electron chi connectivity index (χ0n) is 12.4. The molecule has 0 atom stereocenters. The summed E-state index contributed by atoms with van der Waals surface area (Å²) in [6.07, 6.45) is 5.05. The zero-order chi connectivity index (χ0) is 16.1. The van der Waals surface area contributed by atoms with Crippen molar-refractivity contribution in [2.45, 2.75) is 39.0 Å². The third-order valence-corrected chi connectivity index (χ3v) is 4.16. The Hall–Kier alpha value is -2.02. The number of nitro benzene ring substituents is 1. The van der Waals surface area contributed by atoms with Crippen molar-refractivity contribution in [3.8, 4) is 0 Å². The topological polar surface area (TPSA) is 84.3 Å². The van der Waals surface area contributed by atoms with E-state index >= 15 is 0 Å². The Morgan fingerprint density at radius 3 is 2.73 bits per heavy atom. The van der Waals surface area contributed by atoms with E-state index in [1.165, 1.54) is 18.9 Å². The molecule has 0 aliphatic heterocycles. The van der Waals surface area contributed by atoms with E-state index in [2.05, 4.69) is 10.6 Å². The summed E-state index contributed by atoms with van der Waals surface area (Å²) in [4.78, 5) is 22.4. The van der Waals surface area contributed by atoms with E-state index in [1.807, 2.05) is 0 Å². The van der Waals surface area contributed by atoms with Gasteiger partial charge in [0, 0.05) is 12.5 Å². The lowest BCUT2D eigenvalue weighted by molar-refractivity contribution is -0.385. The number of amides is 1. The van der Waals surface area contributed by atoms with Crippen LogP contribution in [-0.2, 0) is 4.79 Å². The standard InChI is InChI=1S/C15H19N3O3S/c1-10-12(7-4-8-13(10)18(20)21)16-15(22)17-14(19)9-11-5-2-3-6-11/h4,7-8,11H,2-3,5-6,9H2,1H3,(H2,16,17,19,22). The third kappa shape index (κ3) is 4.24. The molecule has 2 N–H and O–H groups in total. The molecule has 1 aliphatic rings. The monoisotopic (exact) mass is 321 g/mol. The van der Waals surface area contributed by atoms with Gasteiger partial charge < -0.3 is 10.6 Å². The molecule has 22 heavy (non-hydrogen) atoms. The van der Waals surface area contributed by atoms with Crippen LogP contribution in [-0.4, -0.2) is 15.9 Å². The van der Waals surface area contributed by atoms with Crippen molar-refractivity contribution < 1.29 is 9.72 Å². The first kappa shape index (κ1) is 16.4. The largest absolute Gasteiger partial charge is 0.332 e. The SMILES string of the molecule is Cc1c(NC(=S)NC(=O)CC2CCCC2)cccc1[N+](=O)[O-]. The quantitative estimate of drug-likeness (QED) is 0.505. The van der Waals surface area contributed by atoms with Crippen molar-refractivity contribution in [3.63, 3.8) is 0 Å². The highest BCUT2D eigenvalue weighted by atomic mass is 32.1. The van der Waals surface area contributed by atoms with E-state index in [4.69, 9.17) is 12.2 Å². The average molecular weight is 321 g/mol. The second-order valence-electron chi connectivity index (χ2n) is 5.56. The van der Waals surface area contributed by atoms with Gasteiger partial charge in [-0.1, -0.05) is 18.9 Å². The van der Waals surface area contributed by atoms with Gasteiger partial charge >= 0.3 is 0 Å². The van der Waals surface area contributed by atoms with E-state index < -0.39 is 4.92 Å². The minimum atomic E-state index is -0.442. The molecule has 0 spiro atoms. The molecule has 1 amide bonds. The normalized spacial score (nSPS) is 14.6. The number of nitrogens with zero attached hydrogens (tertiary/aromatic N) is 1. The van der Waals surface area contributed by atoms with Crippen LogP contribution in [0.5, 0.6) is 0 Å². The van der Waals surface area contributed by atoms with Crippen molar-refractivity contribution in [2.24, 2.45) is 5.92 Å². The molecule has 118 valence electrons. The summed E-state index contributed by atoms with van der Waals surface area (Å²) in [5.74, 6) is 0.342. The van der Waals surface area contributed by atoms with Crippen LogP contribution in [0.1, 0.15) is 37.7 Å². The maximum atomic E-state index is 11.9. The highest BCUT2D eigenvalue weighted by Crippen LogP contribution is 2.27. The lowest BCUT2D eigenvalue weighted by atomic mass is 10.0. The second kappa shape index (κ2) is 7.31. The molecule has 1 aromatic rings. The Balaban J connectivity index is 1.93. The molecule has 1 aromatic carbocycles. The van der Waals surface area contributed by atoms with E-state index in [1.54, 1.807) is 19.1 Å². The number of hydrogen-bond acceptors (Lipinski definition) is 4. The minimum absolute atomic E-state index is 0.0186. The van der Waals surface area contributed by atoms with Gasteiger partial charge in [0.1, 0.15) is 0 Å². The number of anilines is 1. The molecule has 0 aromatic heterocycles. The minimum Gasteiger partial charge on any atom is -0.332 e. The van der Waals surface area contributed by atoms with Gasteiger partial charge in [0.2, 0.25) is 5.91 Å². The van der Waals surface area contributed by atoms with Gasteiger partial charge in [-0.15, -0.1) is 0 Å². The molecule has 1 saturated carbocycles. The highest BCUT2D eigenvalue weighted by molar-refractivity contribution is 7.80. The highest BCUT2D eigenvalue weighted by Gasteiger charge is 2.19. The fraction of sp³-hybridized carbons (Fsp3) is 0.467. The number of nitro groups is 1. The smallest absolute Gasteiger partial charge is 0.274 e. The van der Waals surface area contributed by atoms with Gasteiger partial charge in [-0.05, 0) is 44.0 Å². The lowest BCUT2D eigenvalue weighted by Gasteiger charge is -2.13. The average Bonchev–Trinajstić information content (AvgIpc) is 2.93. The molecule has 0 heterocycles. The van der Waals surface area contributed by atoms with Gasteiger partial charge in [-0.3, -0.25) is 14.9 Å². The maximum absolute atomic E-state index is 11.9. The number of rotatable bonds is 4. The summed E-state index contributed by atoms with van der Waals surface area (Å²) in [6.45, 7) is 1.64. The summed E-state index contributed by atoms with van der Waals surface area (Å²) in [5.41, 5.74) is 1.03. The van der Waals surface area contributed by atoms with Crippen LogP contribution in [0.2, 0.25) is 0 Å². The lowest BCUT2D eigenvalue weighted by Crippen LogP contribution is -2.35. The van der Waals surface area contributed by atoms with Crippen molar-refractivity contribution in [2.75, 3.05) is 5.32 Å². The fourth-order valence-electron chi connectivity index (χ4n) is 2.76. The van der Waals surface area contributed by atoms with Crippen molar-refractivity contribution in [1.29, 1.82) is 0 Å². The molecule has 0 unspecified atom stereocenters. The molecule has 0 saturated heterocycles. The molecule has 0 bridgehead atoms. The Morgan fingerprint density at radius 2 is 2.09 bits per heavy atom. The van der Waals surface area contributed by atoms with Crippen LogP contribution in [0.25, 0.3) is 0 Å². The Bertz CT molecular complexity index is 598. The fourth-order valence-corrected chi connectivity index (χ4v) is 2.99. The van der Waals surface area contributed by atoms with Gasteiger partial charge in [0.25, 0.3) is 5.69 Å². The van der Waals surface area contributed by atoms with Crippen molar-refractivity contribution >= 4 is 34.6 Å². The van der Waals surface area contributed by atoms with E-state index in [-0.39, 0.29) is 16.7 Å². The molecule has 6 nitrogen and oxygen atoms in total. The molecule has 2 rings (SSSR count). The zero-order valence-corrected chi connectivity index (χ0v) is 13.2. The molecular formula is C15H19N3O3S. The first-order valence-corrected chi connectivity index (χ1v) is 7.73. The van der Waals surface area contributed by atoms with Gasteiger partial charge in [-0.2, -0.15) is 0 Å². The van der Waals surface area contributed by atoms with Crippen molar-refractivity contribution in [1.82, 2.24) is 5.32 Å². The van der Waals surface area contributed by atoms with E-state index in [9.17, 15) is 14.9 Å². The van der Waals surface area contributed by atoms with E-state index in [0.29, 0.717) is 23.6 Å². The van der Waals surface area contributed by atoms with Gasteiger partial charge in [0.15, 0.2) is 5.11 Å². The first-order valence-electron chi connectivity index (χ1n) is 7.32. The van der Waals surface area contributed by atoms with Crippen LogP contribution in [0.4, 0.5) is 11.4 Å². The van der Waals surface area contributed by atoms with Crippen LogP contribution in [0.3, 0.4) is 0 Å². The molecule has 7 heteroatoms. The van der Waals surface area contributed by atoms with Crippen LogP contribution >= 0.6 is 12.2 Å². The predicted molar refractivity (Wildman–Crippen MR) is 88.8 cm³/mol. The second-order valence-corrected chi connectivity index (χ2v) is 5.97. The summed E-state index contributed by atoms with van der Waals surface area (Å²) in [7, 11) is 0. The first-order chi connectivity index (χ1) is 10.5. The summed E-state index contributed by atoms with van der Waals surface area (Å²) >= 11 is 5.11. The van der Waals surface area contributed by atoms with Crippen LogP contribution < -0.4 is 10.6 Å². The summed E-state index contributed by atoms with van der Waals surface area (Å²) in [5, 5.41) is 16.6. The molecular weight excluding hydrogens is 302 g/mol. The van der Waals surface area contributed by atoms with E-state index in [0.717, 1.165) is 12.8 Å². The number of carbonyl (C=O) groups excluding carboxylic acids is 1. The predicted octanol–water partition coefficient (Wildman–Crippen LogP) is 3.30. The number of nitrogens with one attached hydrogen (secondary N) is 2. The number of benzene rings is 1. The van der Waals surface area contributed by atoms with Crippen LogP contribution in [0.15, 0.2) is 18.2 Å². The number of hydrogen-bond donors (Lipinski definition) is 2.